The number of hydrogen-bond donors (Lipinski definition) is 1. The van der Waals surface area contributed by atoms with Gasteiger partial charge in [-0.05, 0) is 31.7 Å². The Morgan fingerprint density at radius 2 is 2.19 bits per heavy atom. The summed E-state index contributed by atoms with van der Waals surface area (Å²) >= 11 is 0. The summed E-state index contributed by atoms with van der Waals surface area (Å²) in [5.74, 6) is 3.33. The standard InChI is InChI=1S/C12H20N4/c1-2-8-16-11(3-1)14-15-12(16)9-13-7-6-10-4-5-10/h10,13H,1-9H2. The minimum atomic E-state index is 0.889. The van der Waals surface area contributed by atoms with E-state index >= 15 is 0 Å². The fourth-order valence-electron chi connectivity index (χ4n) is 2.41. The lowest BCUT2D eigenvalue weighted by Crippen LogP contribution is -2.20. The van der Waals surface area contributed by atoms with Crippen molar-refractivity contribution >= 4 is 0 Å². The molecule has 1 aromatic rings. The molecular weight excluding hydrogens is 200 g/mol. The predicted octanol–water partition coefficient (Wildman–Crippen LogP) is 1.50. The van der Waals surface area contributed by atoms with Crippen LogP contribution in [0.5, 0.6) is 0 Å². The second-order valence-corrected chi connectivity index (χ2v) is 5.05. The van der Waals surface area contributed by atoms with Gasteiger partial charge in [-0.1, -0.05) is 12.8 Å². The van der Waals surface area contributed by atoms with Crippen LogP contribution in [0.15, 0.2) is 0 Å². The summed E-state index contributed by atoms with van der Waals surface area (Å²) in [6, 6.07) is 0. The Kier molecular flexibility index (Phi) is 2.91. The van der Waals surface area contributed by atoms with E-state index in [1.165, 1.54) is 37.9 Å². The lowest BCUT2D eigenvalue weighted by molar-refractivity contribution is 0.494. The summed E-state index contributed by atoms with van der Waals surface area (Å²) < 4.78 is 2.30. The third-order valence-electron chi connectivity index (χ3n) is 3.65. The molecule has 4 heteroatoms. The number of fused-ring (bicyclic) bond motifs is 1. The Hall–Kier alpha value is -0.900. The number of rotatable bonds is 5. The summed E-state index contributed by atoms with van der Waals surface area (Å²) in [6.45, 7) is 3.13. The van der Waals surface area contributed by atoms with E-state index in [1.807, 2.05) is 0 Å². The molecule has 1 saturated carbocycles. The van der Waals surface area contributed by atoms with Gasteiger partial charge in [-0.15, -0.1) is 10.2 Å². The Labute approximate surface area is 96.4 Å². The van der Waals surface area contributed by atoms with Gasteiger partial charge in [-0.2, -0.15) is 0 Å². The number of nitrogens with one attached hydrogen (secondary N) is 1. The smallest absolute Gasteiger partial charge is 0.147 e. The van der Waals surface area contributed by atoms with Gasteiger partial charge in [0.05, 0.1) is 6.54 Å². The predicted molar refractivity (Wildman–Crippen MR) is 62.0 cm³/mol. The van der Waals surface area contributed by atoms with Gasteiger partial charge in [0.15, 0.2) is 0 Å². The number of aryl methyl sites for hydroxylation is 1. The fraction of sp³-hybridized carbons (Fsp3) is 0.833. The van der Waals surface area contributed by atoms with E-state index in [9.17, 15) is 0 Å². The van der Waals surface area contributed by atoms with Gasteiger partial charge in [-0.3, -0.25) is 0 Å². The van der Waals surface area contributed by atoms with Crippen LogP contribution in [-0.4, -0.2) is 21.3 Å². The summed E-state index contributed by atoms with van der Waals surface area (Å²) in [6.07, 6.45) is 7.88. The molecule has 0 aromatic carbocycles. The average molecular weight is 220 g/mol. The maximum atomic E-state index is 4.28. The molecule has 1 aromatic heterocycles. The molecule has 0 atom stereocenters. The molecule has 16 heavy (non-hydrogen) atoms. The van der Waals surface area contributed by atoms with Gasteiger partial charge in [0.2, 0.25) is 0 Å². The Bertz CT molecular complexity index is 354. The summed E-state index contributed by atoms with van der Waals surface area (Å²) in [5, 5.41) is 12.0. The molecule has 2 heterocycles. The van der Waals surface area contributed by atoms with E-state index in [0.29, 0.717) is 0 Å². The molecule has 1 N–H and O–H groups in total. The third-order valence-corrected chi connectivity index (χ3v) is 3.65. The quantitative estimate of drug-likeness (QED) is 0.765. The van der Waals surface area contributed by atoms with E-state index in [4.69, 9.17) is 0 Å². The second-order valence-electron chi connectivity index (χ2n) is 5.05. The Morgan fingerprint density at radius 1 is 1.25 bits per heavy atom. The monoisotopic (exact) mass is 220 g/mol. The van der Waals surface area contributed by atoms with Crippen molar-refractivity contribution in [2.45, 2.75) is 51.6 Å². The first-order valence-electron chi connectivity index (χ1n) is 6.55. The molecule has 3 rings (SSSR count). The molecule has 0 radical (unpaired) electrons. The highest BCUT2D eigenvalue weighted by Crippen LogP contribution is 2.31. The van der Waals surface area contributed by atoms with Crippen LogP contribution in [0.4, 0.5) is 0 Å². The normalized spacial score (nSPS) is 19.8. The number of nitrogens with zero attached hydrogens (tertiary/aromatic N) is 3. The van der Waals surface area contributed by atoms with Crippen molar-refractivity contribution in [1.29, 1.82) is 0 Å². The van der Waals surface area contributed by atoms with Gasteiger partial charge in [0.25, 0.3) is 0 Å². The summed E-state index contributed by atoms with van der Waals surface area (Å²) in [7, 11) is 0. The summed E-state index contributed by atoms with van der Waals surface area (Å²) in [4.78, 5) is 0. The third kappa shape index (κ3) is 2.26. The van der Waals surface area contributed by atoms with Crippen molar-refractivity contribution in [2.24, 2.45) is 5.92 Å². The van der Waals surface area contributed by atoms with Gasteiger partial charge in [-0.25, -0.2) is 0 Å². The lowest BCUT2D eigenvalue weighted by Gasteiger charge is -2.14. The van der Waals surface area contributed by atoms with Crippen molar-refractivity contribution in [1.82, 2.24) is 20.1 Å². The lowest BCUT2D eigenvalue weighted by atomic mass is 10.2. The van der Waals surface area contributed by atoms with Crippen molar-refractivity contribution < 1.29 is 0 Å². The minimum absolute atomic E-state index is 0.889. The molecule has 1 aliphatic carbocycles. The molecule has 0 bridgehead atoms. The molecule has 0 amide bonds. The van der Waals surface area contributed by atoms with Crippen LogP contribution in [0.25, 0.3) is 0 Å². The number of aromatic nitrogens is 3. The molecule has 4 nitrogen and oxygen atoms in total. The van der Waals surface area contributed by atoms with E-state index in [-0.39, 0.29) is 0 Å². The van der Waals surface area contributed by atoms with Gasteiger partial charge in [0, 0.05) is 13.0 Å². The molecule has 0 unspecified atom stereocenters. The molecule has 1 fully saturated rings. The van der Waals surface area contributed by atoms with Crippen molar-refractivity contribution in [3.05, 3.63) is 11.6 Å². The van der Waals surface area contributed by atoms with Crippen LogP contribution < -0.4 is 5.32 Å². The topological polar surface area (TPSA) is 42.7 Å². The average Bonchev–Trinajstić information content (AvgIpc) is 3.05. The van der Waals surface area contributed by atoms with Crippen LogP contribution in [0.1, 0.15) is 43.8 Å². The van der Waals surface area contributed by atoms with Crippen LogP contribution in [-0.2, 0) is 19.5 Å². The maximum absolute atomic E-state index is 4.28. The molecule has 2 aliphatic rings. The summed E-state index contributed by atoms with van der Waals surface area (Å²) in [5.41, 5.74) is 0. The van der Waals surface area contributed by atoms with Crippen LogP contribution in [0.2, 0.25) is 0 Å². The maximum Gasteiger partial charge on any atom is 0.147 e. The van der Waals surface area contributed by atoms with Gasteiger partial charge in [0.1, 0.15) is 11.6 Å². The number of hydrogen-bond acceptors (Lipinski definition) is 3. The first kappa shape index (κ1) is 10.3. The minimum Gasteiger partial charge on any atom is -0.314 e. The van der Waals surface area contributed by atoms with E-state index in [1.54, 1.807) is 0 Å². The highest BCUT2D eigenvalue weighted by atomic mass is 15.3. The van der Waals surface area contributed by atoms with Crippen molar-refractivity contribution in [3.63, 3.8) is 0 Å². The van der Waals surface area contributed by atoms with Crippen molar-refractivity contribution in [3.8, 4) is 0 Å². The zero-order valence-electron chi connectivity index (χ0n) is 9.78. The molecule has 0 saturated heterocycles. The molecule has 1 aliphatic heterocycles. The van der Waals surface area contributed by atoms with Crippen LogP contribution in [0, 0.1) is 5.92 Å². The van der Waals surface area contributed by atoms with Gasteiger partial charge >= 0.3 is 0 Å². The zero-order valence-corrected chi connectivity index (χ0v) is 9.78. The van der Waals surface area contributed by atoms with Crippen molar-refractivity contribution in [2.75, 3.05) is 6.54 Å². The van der Waals surface area contributed by atoms with E-state index in [0.717, 1.165) is 37.8 Å². The highest BCUT2D eigenvalue weighted by molar-refractivity contribution is 4.98. The van der Waals surface area contributed by atoms with Gasteiger partial charge < -0.3 is 9.88 Å². The molecule has 0 spiro atoms. The molecule has 88 valence electrons. The first-order valence-corrected chi connectivity index (χ1v) is 6.55. The van der Waals surface area contributed by atoms with Crippen LogP contribution in [0.3, 0.4) is 0 Å². The zero-order chi connectivity index (χ0) is 10.8. The highest BCUT2D eigenvalue weighted by Gasteiger charge is 2.20. The Morgan fingerprint density at radius 3 is 3.06 bits per heavy atom. The first-order chi connectivity index (χ1) is 7.93. The Balaban J connectivity index is 1.51. The SMILES string of the molecule is C1CCn2c(nnc2CNCCC2CC2)C1. The van der Waals surface area contributed by atoms with E-state index in [2.05, 4.69) is 20.1 Å². The van der Waals surface area contributed by atoms with E-state index < -0.39 is 0 Å². The van der Waals surface area contributed by atoms with Crippen LogP contribution >= 0.6 is 0 Å². The fourth-order valence-corrected chi connectivity index (χ4v) is 2.41. The molecular formula is C12H20N4. The second kappa shape index (κ2) is 4.53. The largest absolute Gasteiger partial charge is 0.314 e.